The summed E-state index contributed by atoms with van der Waals surface area (Å²) in [6.45, 7) is 3.84. The minimum Gasteiger partial charge on any atom is -0.300 e. The van der Waals surface area contributed by atoms with Crippen LogP contribution in [0, 0.1) is 0 Å². The fourth-order valence-corrected chi connectivity index (χ4v) is 1.98. The zero-order valence-corrected chi connectivity index (χ0v) is 9.02. The maximum atomic E-state index is 11.2. The van der Waals surface area contributed by atoms with Crippen molar-refractivity contribution in [1.29, 1.82) is 0 Å². The van der Waals surface area contributed by atoms with Crippen LogP contribution in [0.25, 0.3) is 0 Å². The molecule has 1 aromatic heterocycles. The van der Waals surface area contributed by atoms with Crippen LogP contribution in [0.15, 0.2) is 24.4 Å². The molecule has 15 heavy (non-hydrogen) atoms. The second-order valence-electron chi connectivity index (χ2n) is 4.13. The average molecular weight is 204 g/mol. The molecule has 1 aromatic rings. The lowest BCUT2D eigenvalue weighted by atomic mass is 10.0. The van der Waals surface area contributed by atoms with E-state index in [1.807, 2.05) is 24.4 Å². The average Bonchev–Trinajstić information content (AvgIpc) is 2.24. The van der Waals surface area contributed by atoms with E-state index in [0.717, 1.165) is 18.8 Å². The first-order valence-corrected chi connectivity index (χ1v) is 5.41. The molecule has 0 spiro atoms. The third kappa shape index (κ3) is 2.63. The Bertz CT molecular complexity index is 337. The summed E-state index contributed by atoms with van der Waals surface area (Å²) in [7, 11) is 0. The molecule has 0 aliphatic carbocycles. The van der Waals surface area contributed by atoms with Crippen molar-refractivity contribution in [3.63, 3.8) is 0 Å². The van der Waals surface area contributed by atoms with E-state index in [4.69, 9.17) is 0 Å². The van der Waals surface area contributed by atoms with Gasteiger partial charge in [0.25, 0.3) is 0 Å². The van der Waals surface area contributed by atoms with Crippen LogP contribution in [0.3, 0.4) is 0 Å². The van der Waals surface area contributed by atoms with Crippen molar-refractivity contribution in [2.45, 2.75) is 32.4 Å². The smallest absolute Gasteiger partial charge is 0.135 e. The zero-order chi connectivity index (χ0) is 10.7. The quantitative estimate of drug-likeness (QED) is 0.734. The summed E-state index contributed by atoms with van der Waals surface area (Å²) in [4.78, 5) is 17.9. The van der Waals surface area contributed by atoms with E-state index in [-0.39, 0.29) is 0 Å². The predicted octanol–water partition coefficient (Wildman–Crippen LogP) is 1.64. The first kappa shape index (κ1) is 10.3. The van der Waals surface area contributed by atoms with Gasteiger partial charge in [0, 0.05) is 38.2 Å². The number of nitrogens with zero attached hydrogens (tertiary/aromatic N) is 2. The van der Waals surface area contributed by atoms with Crippen LogP contribution in [0.5, 0.6) is 0 Å². The summed E-state index contributed by atoms with van der Waals surface area (Å²) in [6, 6.07) is 6.31. The number of likely N-dealkylation sites (tertiary alicyclic amines) is 1. The second-order valence-corrected chi connectivity index (χ2v) is 4.13. The monoisotopic (exact) mass is 204 g/mol. The van der Waals surface area contributed by atoms with E-state index < -0.39 is 0 Å². The Morgan fingerprint density at radius 2 is 2.40 bits per heavy atom. The number of Topliss-reactive ketones (excluding diaryl/α,β-unsaturated/α-hetero) is 1. The Kier molecular flexibility index (Phi) is 3.11. The first-order valence-electron chi connectivity index (χ1n) is 5.41. The molecular weight excluding hydrogens is 188 g/mol. The van der Waals surface area contributed by atoms with E-state index in [1.54, 1.807) is 0 Å². The highest BCUT2D eigenvalue weighted by atomic mass is 16.1. The molecule has 1 fully saturated rings. The molecule has 80 valence electrons. The van der Waals surface area contributed by atoms with Gasteiger partial charge in [0.15, 0.2) is 0 Å². The molecule has 2 rings (SSSR count). The summed E-state index contributed by atoms with van der Waals surface area (Å²) < 4.78 is 0. The van der Waals surface area contributed by atoms with Gasteiger partial charge in [-0.15, -0.1) is 0 Å². The maximum absolute atomic E-state index is 11.2. The molecule has 0 amide bonds. The summed E-state index contributed by atoms with van der Waals surface area (Å²) in [5, 5.41) is 0. The van der Waals surface area contributed by atoms with Crippen molar-refractivity contribution >= 4 is 5.78 Å². The van der Waals surface area contributed by atoms with Gasteiger partial charge in [-0.05, 0) is 19.1 Å². The van der Waals surface area contributed by atoms with Gasteiger partial charge >= 0.3 is 0 Å². The fraction of sp³-hybridized carbons (Fsp3) is 0.500. The molecule has 2 heterocycles. The van der Waals surface area contributed by atoms with Gasteiger partial charge in [-0.25, -0.2) is 0 Å². The molecule has 0 N–H and O–H groups in total. The lowest BCUT2D eigenvalue weighted by Gasteiger charge is -2.32. The van der Waals surface area contributed by atoms with Gasteiger partial charge in [0.05, 0.1) is 5.69 Å². The van der Waals surface area contributed by atoms with Gasteiger partial charge in [-0.2, -0.15) is 0 Å². The first-order chi connectivity index (χ1) is 7.25. The topological polar surface area (TPSA) is 33.2 Å². The minimum absolute atomic E-state index is 0.355. The van der Waals surface area contributed by atoms with Crippen molar-refractivity contribution in [2.24, 2.45) is 0 Å². The maximum Gasteiger partial charge on any atom is 0.135 e. The molecule has 1 unspecified atom stereocenters. The van der Waals surface area contributed by atoms with Crippen LogP contribution in [-0.4, -0.2) is 28.3 Å². The normalized spacial score (nSPS) is 23.0. The summed E-state index contributed by atoms with van der Waals surface area (Å²) in [6.07, 6.45) is 3.19. The number of hydrogen-bond acceptors (Lipinski definition) is 3. The lowest BCUT2D eigenvalue weighted by molar-refractivity contribution is -0.123. The van der Waals surface area contributed by atoms with Crippen molar-refractivity contribution < 1.29 is 4.79 Å². The predicted molar refractivity (Wildman–Crippen MR) is 58.4 cm³/mol. The molecular formula is C12H16N2O. The Labute approximate surface area is 90.1 Å². The Balaban J connectivity index is 1.98. The summed E-state index contributed by atoms with van der Waals surface area (Å²) in [5.41, 5.74) is 1.08. The molecule has 1 aliphatic heterocycles. The summed E-state index contributed by atoms with van der Waals surface area (Å²) in [5.74, 6) is 0.389. The van der Waals surface area contributed by atoms with E-state index in [9.17, 15) is 4.79 Å². The van der Waals surface area contributed by atoms with Crippen LogP contribution in [0.1, 0.15) is 25.5 Å². The van der Waals surface area contributed by atoms with Crippen LogP contribution < -0.4 is 0 Å². The van der Waals surface area contributed by atoms with Crippen molar-refractivity contribution in [1.82, 2.24) is 9.88 Å². The van der Waals surface area contributed by atoms with Crippen molar-refractivity contribution in [3.8, 4) is 0 Å². The van der Waals surface area contributed by atoms with Gasteiger partial charge in [-0.1, -0.05) is 6.07 Å². The van der Waals surface area contributed by atoms with Crippen molar-refractivity contribution in [3.05, 3.63) is 30.1 Å². The minimum atomic E-state index is 0.355. The fourth-order valence-electron chi connectivity index (χ4n) is 1.98. The number of rotatable bonds is 2. The number of aromatic nitrogens is 1. The Morgan fingerprint density at radius 1 is 1.53 bits per heavy atom. The third-order valence-corrected chi connectivity index (χ3v) is 2.92. The molecule has 3 nitrogen and oxygen atoms in total. The molecule has 3 heteroatoms. The molecule has 0 radical (unpaired) electrons. The zero-order valence-electron chi connectivity index (χ0n) is 9.02. The molecule has 1 saturated heterocycles. The standard InChI is InChI=1S/C12H16N2O/c1-10-8-12(15)5-7-14(10)9-11-4-2-3-6-13-11/h2-4,6,10H,5,7-9H2,1H3. The number of hydrogen-bond donors (Lipinski definition) is 0. The van der Waals surface area contributed by atoms with E-state index in [1.165, 1.54) is 0 Å². The highest BCUT2D eigenvalue weighted by Crippen LogP contribution is 2.15. The molecule has 0 bridgehead atoms. The molecule has 0 aromatic carbocycles. The number of piperidine rings is 1. The van der Waals surface area contributed by atoms with Crippen LogP contribution in [-0.2, 0) is 11.3 Å². The SMILES string of the molecule is CC1CC(=O)CCN1Cc1ccccn1. The Hall–Kier alpha value is -1.22. The number of ketones is 1. The van der Waals surface area contributed by atoms with E-state index in [0.29, 0.717) is 24.7 Å². The van der Waals surface area contributed by atoms with Gasteiger partial charge < -0.3 is 0 Å². The second kappa shape index (κ2) is 4.53. The lowest BCUT2D eigenvalue weighted by Crippen LogP contribution is -2.40. The highest BCUT2D eigenvalue weighted by Gasteiger charge is 2.23. The van der Waals surface area contributed by atoms with Crippen LogP contribution in [0.2, 0.25) is 0 Å². The Morgan fingerprint density at radius 3 is 3.07 bits per heavy atom. The largest absolute Gasteiger partial charge is 0.300 e. The molecule has 0 saturated carbocycles. The third-order valence-electron chi connectivity index (χ3n) is 2.92. The summed E-state index contributed by atoms with van der Waals surface area (Å²) >= 11 is 0. The van der Waals surface area contributed by atoms with Gasteiger partial charge in [-0.3, -0.25) is 14.7 Å². The van der Waals surface area contributed by atoms with E-state index >= 15 is 0 Å². The van der Waals surface area contributed by atoms with Gasteiger partial charge in [0.2, 0.25) is 0 Å². The number of carbonyl (C=O) groups excluding carboxylic acids is 1. The number of pyridine rings is 1. The van der Waals surface area contributed by atoms with Crippen LogP contribution in [0.4, 0.5) is 0 Å². The molecule has 1 aliphatic rings. The van der Waals surface area contributed by atoms with Crippen LogP contribution >= 0.6 is 0 Å². The van der Waals surface area contributed by atoms with Gasteiger partial charge in [0.1, 0.15) is 5.78 Å². The van der Waals surface area contributed by atoms with E-state index in [2.05, 4.69) is 16.8 Å². The molecule has 1 atom stereocenters. The number of carbonyl (C=O) groups is 1. The van der Waals surface area contributed by atoms with Crippen molar-refractivity contribution in [2.75, 3.05) is 6.54 Å². The highest BCUT2D eigenvalue weighted by molar-refractivity contribution is 5.79.